The Bertz CT molecular complexity index is 1740. The Kier molecular flexibility index (Phi) is 7.61. The zero-order valence-electron chi connectivity index (χ0n) is 25.6. The largest absolute Gasteiger partial charge is 0.459 e. The number of nitriles is 1. The van der Waals surface area contributed by atoms with Crippen LogP contribution >= 0.6 is 0 Å². The van der Waals surface area contributed by atoms with Crippen LogP contribution in [-0.2, 0) is 23.1 Å². The number of rotatable bonds is 9. The molecule has 12 heteroatoms. The van der Waals surface area contributed by atoms with Crippen molar-refractivity contribution in [1.82, 2.24) is 19.9 Å². The summed E-state index contributed by atoms with van der Waals surface area (Å²) in [6.07, 6.45) is 3.03. The smallest absolute Gasteiger partial charge is 0.366 e. The minimum atomic E-state index is -1.11. The maximum Gasteiger partial charge on any atom is 0.459 e. The molecular formula is C33H37N7O5. The number of hydrogen-bond acceptors (Lipinski definition) is 8. The average molecular weight is 612 g/mol. The van der Waals surface area contributed by atoms with Crippen molar-refractivity contribution in [3.05, 3.63) is 86.2 Å². The quantitative estimate of drug-likeness (QED) is 0.327. The third kappa shape index (κ3) is 5.21. The van der Waals surface area contributed by atoms with Crippen LogP contribution < -0.4 is 22.5 Å². The average Bonchev–Trinajstić information content (AvgIpc) is 3.53. The summed E-state index contributed by atoms with van der Waals surface area (Å²) in [6.45, 7) is 5.77. The molecule has 1 saturated carbocycles. The molecule has 234 valence electrons. The van der Waals surface area contributed by atoms with Crippen LogP contribution in [0.3, 0.4) is 0 Å². The standard InChI is InChI=1S/C33H37N7O5/c1-17(2)40-31(38-32(44)45-40)33(14-18(3)37-16-28(41)39-24(15-34)12-23-13-27(23)39)25-8-6-21(29(35)42)10-19(25)4-5-20-11-22(30(36)43)7-9-26(20)33/h6-11,17-18,23-24,27,37H,4-5,12-14,16H2,1-3H3,(H2,35,42)(H2,36,43)/t18-,23-,24?,27+/m1/s1. The highest BCUT2D eigenvalue weighted by atomic mass is 16.5. The molecule has 2 fully saturated rings. The number of nitrogens with one attached hydrogen (secondary N) is 1. The van der Waals surface area contributed by atoms with E-state index in [1.807, 2.05) is 32.9 Å². The molecule has 2 aromatic carbocycles. The lowest BCUT2D eigenvalue weighted by Crippen LogP contribution is -2.47. The Labute approximate surface area is 260 Å². The van der Waals surface area contributed by atoms with E-state index in [0.29, 0.717) is 42.1 Å². The predicted molar refractivity (Wildman–Crippen MR) is 163 cm³/mol. The van der Waals surface area contributed by atoms with Crippen molar-refractivity contribution >= 4 is 17.7 Å². The molecule has 1 aliphatic heterocycles. The number of hydrogen-bond donors (Lipinski definition) is 3. The molecule has 4 atom stereocenters. The van der Waals surface area contributed by atoms with Gasteiger partial charge in [-0.15, -0.1) is 0 Å². The lowest BCUT2D eigenvalue weighted by atomic mass is 9.67. The van der Waals surface area contributed by atoms with E-state index in [2.05, 4.69) is 16.4 Å². The Morgan fingerprint density at radius 2 is 1.64 bits per heavy atom. The van der Waals surface area contributed by atoms with Crippen LogP contribution in [0.4, 0.5) is 0 Å². The Morgan fingerprint density at radius 3 is 2.18 bits per heavy atom. The van der Waals surface area contributed by atoms with E-state index < -0.39 is 29.0 Å². The number of carbonyl (C=O) groups is 3. The SMILES string of the molecule is CC(C)n1oc(=O)nc1C1(C[C@@H](C)NCC(=O)N2C(C#N)C[C@@H]3C[C@@H]32)c2ccc(C(N)=O)cc2CCc2cc(C(N)=O)ccc21. The van der Waals surface area contributed by atoms with Crippen molar-refractivity contribution in [3.8, 4) is 6.07 Å². The minimum absolute atomic E-state index is 0.0371. The fraction of sp³-hybridized carbons (Fsp3) is 0.455. The molecule has 45 heavy (non-hydrogen) atoms. The van der Waals surface area contributed by atoms with E-state index >= 15 is 0 Å². The van der Waals surface area contributed by atoms with E-state index in [1.54, 1.807) is 29.2 Å². The Morgan fingerprint density at radius 1 is 1.04 bits per heavy atom. The fourth-order valence-electron chi connectivity index (χ4n) is 7.44. The number of nitrogens with zero attached hydrogens (tertiary/aromatic N) is 4. The first-order chi connectivity index (χ1) is 21.4. The van der Waals surface area contributed by atoms with Crippen molar-refractivity contribution in [2.24, 2.45) is 17.4 Å². The van der Waals surface area contributed by atoms with E-state index in [9.17, 15) is 24.4 Å². The molecule has 1 saturated heterocycles. The van der Waals surface area contributed by atoms with Gasteiger partial charge in [0.1, 0.15) is 6.04 Å². The van der Waals surface area contributed by atoms with Gasteiger partial charge in [-0.1, -0.05) is 12.1 Å². The summed E-state index contributed by atoms with van der Waals surface area (Å²) in [5.74, 6) is -1.22. The maximum atomic E-state index is 13.4. The number of fused-ring (bicyclic) bond motifs is 3. The zero-order chi connectivity index (χ0) is 32.2. The third-order valence-electron chi connectivity index (χ3n) is 9.55. The molecule has 1 aromatic heterocycles. The van der Waals surface area contributed by atoms with Crippen molar-refractivity contribution in [2.45, 2.75) is 82.5 Å². The Hall–Kier alpha value is -4.76. The second-order valence-electron chi connectivity index (χ2n) is 12.8. The summed E-state index contributed by atoms with van der Waals surface area (Å²) in [7, 11) is 0. The number of piperidine rings is 1. The van der Waals surface area contributed by atoms with Gasteiger partial charge in [0.15, 0.2) is 5.82 Å². The van der Waals surface area contributed by atoms with E-state index in [1.165, 1.54) is 4.74 Å². The number of amides is 3. The van der Waals surface area contributed by atoms with Crippen molar-refractivity contribution in [1.29, 1.82) is 5.26 Å². The van der Waals surface area contributed by atoms with Crippen LogP contribution in [0, 0.1) is 17.2 Å². The molecule has 3 aromatic rings. The van der Waals surface area contributed by atoms with Crippen LogP contribution in [-0.4, -0.2) is 57.0 Å². The summed E-state index contributed by atoms with van der Waals surface area (Å²) in [4.78, 5) is 56.8. The van der Waals surface area contributed by atoms with E-state index in [-0.39, 0.29) is 30.6 Å². The molecule has 6 rings (SSSR count). The lowest BCUT2D eigenvalue weighted by Gasteiger charge is -2.38. The summed E-state index contributed by atoms with van der Waals surface area (Å²) < 4.78 is 7.14. The Balaban J connectivity index is 1.49. The van der Waals surface area contributed by atoms with E-state index in [4.69, 9.17) is 16.0 Å². The van der Waals surface area contributed by atoms with Gasteiger partial charge in [-0.3, -0.25) is 14.4 Å². The van der Waals surface area contributed by atoms with Crippen molar-refractivity contribution < 1.29 is 18.9 Å². The maximum absolute atomic E-state index is 13.4. The van der Waals surface area contributed by atoms with Crippen LogP contribution in [0.15, 0.2) is 45.7 Å². The van der Waals surface area contributed by atoms with E-state index in [0.717, 1.165) is 35.1 Å². The molecule has 3 amide bonds. The summed E-state index contributed by atoms with van der Waals surface area (Å²) in [5.41, 5.74) is 14.2. The molecular weight excluding hydrogens is 574 g/mol. The number of primary amides is 2. The molecule has 0 bridgehead atoms. The normalized spacial score (nSPS) is 21.7. The molecule has 0 spiro atoms. The molecule has 1 unspecified atom stereocenters. The molecule has 12 nitrogen and oxygen atoms in total. The first-order valence-corrected chi connectivity index (χ1v) is 15.4. The van der Waals surface area contributed by atoms with Gasteiger partial charge in [0.05, 0.1) is 24.1 Å². The summed E-state index contributed by atoms with van der Waals surface area (Å²) in [6, 6.07) is 12.0. The fourth-order valence-corrected chi connectivity index (χ4v) is 7.44. The summed E-state index contributed by atoms with van der Waals surface area (Å²) >= 11 is 0. The monoisotopic (exact) mass is 611 g/mol. The van der Waals surface area contributed by atoms with Gasteiger partial charge < -0.3 is 26.2 Å². The number of aromatic nitrogens is 2. The van der Waals surface area contributed by atoms with Gasteiger partial charge in [-0.05, 0) is 105 Å². The molecule has 2 aliphatic carbocycles. The molecule has 3 aliphatic rings. The number of likely N-dealkylation sites (tertiary alicyclic amines) is 1. The zero-order valence-corrected chi connectivity index (χ0v) is 25.6. The van der Waals surface area contributed by atoms with Gasteiger partial charge in [0, 0.05) is 23.2 Å². The summed E-state index contributed by atoms with van der Waals surface area (Å²) in [5, 5.41) is 13.0. The van der Waals surface area contributed by atoms with Crippen LogP contribution in [0.1, 0.15) is 94.9 Å². The van der Waals surface area contributed by atoms with Crippen LogP contribution in [0.25, 0.3) is 0 Å². The lowest BCUT2D eigenvalue weighted by molar-refractivity contribution is -0.131. The highest BCUT2D eigenvalue weighted by Crippen LogP contribution is 2.49. The second-order valence-corrected chi connectivity index (χ2v) is 12.8. The van der Waals surface area contributed by atoms with Crippen molar-refractivity contribution in [3.63, 3.8) is 0 Å². The van der Waals surface area contributed by atoms with Crippen LogP contribution in [0.2, 0.25) is 0 Å². The van der Waals surface area contributed by atoms with Gasteiger partial charge in [-0.2, -0.15) is 15.0 Å². The predicted octanol–water partition coefficient (Wildman–Crippen LogP) is 1.93. The van der Waals surface area contributed by atoms with Gasteiger partial charge in [0.2, 0.25) is 17.7 Å². The van der Waals surface area contributed by atoms with Gasteiger partial charge in [0.25, 0.3) is 0 Å². The topological polar surface area (TPSA) is 190 Å². The number of nitrogens with two attached hydrogens (primary N) is 2. The number of carbonyl (C=O) groups excluding carboxylic acids is 3. The molecule has 5 N–H and O–H groups in total. The first-order valence-electron chi connectivity index (χ1n) is 15.4. The van der Waals surface area contributed by atoms with Gasteiger partial charge >= 0.3 is 5.76 Å². The highest BCUT2D eigenvalue weighted by Gasteiger charge is 2.54. The van der Waals surface area contributed by atoms with Gasteiger partial charge in [-0.25, -0.2) is 4.79 Å². The molecule has 0 radical (unpaired) electrons. The number of benzene rings is 2. The molecule has 2 heterocycles. The highest BCUT2D eigenvalue weighted by molar-refractivity contribution is 5.94. The number of aryl methyl sites for hydroxylation is 2. The first kappa shape index (κ1) is 30.3. The van der Waals surface area contributed by atoms with Crippen molar-refractivity contribution in [2.75, 3.05) is 6.54 Å². The van der Waals surface area contributed by atoms with Crippen LogP contribution in [0.5, 0.6) is 0 Å². The minimum Gasteiger partial charge on any atom is -0.366 e. The second kappa shape index (κ2) is 11.3. The third-order valence-corrected chi connectivity index (χ3v) is 9.55.